The predicted molar refractivity (Wildman–Crippen MR) is 132 cm³/mol. The maximum absolute atomic E-state index is 13.0. The quantitative estimate of drug-likeness (QED) is 0.336. The summed E-state index contributed by atoms with van der Waals surface area (Å²) in [6, 6.07) is 18.3. The number of ether oxygens (including phenoxy) is 2. The number of urea groups is 1. The lowest BCUT2D eigenvalue weighted by atomic mass is 10.1. The van der Waals surface area contributed by atoms with E-state index in [4.69, 9.17) is 21.1 Å². The fourth-order valence-corrected chi connectivity index (χ4v) is 3.87. The lowest BCUT2D eigenvalue weighted by Gasteiger charge is -2.26. The molecule has 1 fully saturated rings. The van der Waals surface area contributed by atoms with E-state index in [1.165, 1.54) is 13.2 Å². The third-order valence-corrected chi connectivity index (χ3v) is 5.78. The lowest BCUT2D eigenvalue weighted by molar-refractivity contribution is -0.122. The van der Waals surface area contributed by atoms with Gasteiger partial charge in [0.05, 0.1) is 17.8 Å². The number of carbonyl (C=O) groups excluding carboxylic acids is 3. The maximum atomic E-state index is 13.0. The SMILES string of the molecule is COc1cc(/C=C2\C(=O)NC(=O)N(c3ccccc3)C2=O)cc(Cl)c1OCc1ccc(Br)cc1. The zero-order valence-electron chi connectivity index (χ0n) is 17.9. The van der Waals surface area contributed by atoms with Gasteiger partial charge in [0.2, 0.25) is 0 Å². The number of imide groups is 2. The molecule has 0 radical (unpaired) electrons. The topological polar surface area (TPSA) is 84.9 Å². The number of anilines is 1. The number of methoxy groups -OCH3 is 1. The zero-order valence-corrected chi connectivity index (χ0v) is 20.2. The minimum absolute atomic E-state index is 0.217. The van der Waals surface area contributed by atoms with E-state index in [0.717, 1.165) is 14.9 Å². The third-order valence-electron chi connectivity index (χ3n) is 4.98. The van der Waals surface area contributed by atoms with Crippen LogP contribution in [-0.2, 0) is 16.2 Å². The van der Waals surface area contributed by atoms with Crippen LogP contribution in [0.4, 0.5) is 10.5 Å². The first-order chi connectivity index (χ1) is 16.4. The molecule has 172 valence electrons. The highest BCUT2D eigenvalue weighted by Gasteiger charge is 2.36. The lowest BCUT2D eigenvalue weighted by Crippen LogP contribution is -2.54. The Labute approximate surface area is 209 Å². The van der Waals surface area contributed by atoms with E-state index in [1.54, 1.807) is 42.5 Å². The predicted octanol–water partition coefficient (Wildman–Crippen LogP) is 5.36. The van der Waals surface area contributed by atoms with E-state index < -0.39 is 17.8 Å². The van der Waals surface area contributed by atoms with Crippen LogP contribution in [0.3, 0.4) is 0 Å². The van der Waals surface area contributed by atoms with Crippen molar-refractivity contribution in [2.75, 3.05) is 12.0 Å². The molecule has 1 saturated heterocycles. The van der Waals surface area contributed by atoms with Gasteiger partial charge in [-0.25, -0.2) is 9.69 Å². The molecular weight excluding hydrogens is 524 g/mol. The summed E-state index contributed by atoms with van der Waals surface area (Å²) in [7, 11) is 1.46. The van der Waals surface area contributed by atoms with Crippen molar-refractivity contribution in [1.82, 2.24) is 5.32 Å². The van der Waals surface area contributed by atoms with Crippen LogP contribution < -0.4 is 19.7 Å². The largest absolute Gasteiger partial charge is 0.493 e. The molecule has 0 spiro atoms. The Morgan fingerprint density at radius 2 is 1.74 bits per heavy atom. The highest BCUT2D eigenvalue weighted by molar-refractivity contribution is 9.10. The Kier molecular flexibility index (Phi) is 7.00. The van der Waals surface area contributed by atoms with Gasteiger partial charge in [0.25, 0.3) is 11.8 Å². The molecule has 1 heterocycles. The molecule has 0 aliphatic carbocycles. The number of amides is 4. The summed E-state index contributed by atoms with van der Waals surface area (Å²) in [6.07, 6.45) is 1.35. The van der Waals surface area contributed by atoms with Crippen LogP contribution in [0.15, 0.2) is 76.8 Å². The van der Waals surface area contributed by atoms with E-state index in [1.807, 2.05) is 24.3 Å². The van der Waals surface area contributed by atoms with Crippen LogP contribution in [0.5, 0.6) is 11.5 Å². The molecule has 4 rings (SSSR count). The maximum Gasteiger partial charge on any atom is 0.335 e. The summed E-state index contributed by atoms with van der Waals surface area (Å²) in [5.74, 6) is -0.885. The first-order valence-electron chi connectivity index (χ1n) is 10.1. The molecule has 3 aromatic rings. The summed E-state index contributed by atoms with van der Waals surface area (Å²) in [5.41, 5.74) is 1.49. The van der Waals surface area contributed by atoms with Gasteiger partial charge in [-0.2, -0.15) is 0 Å². The van der Waals surface area contributed by atoms with Gasteiger partial charge in [-0.05, 0) is 53.6 Å². The van der Waals surface area contributed by atoms with Gasteiger partial charge in [-0.15, -0.1) is 0 Å². The van der Waals surface area contributed by atoms with Crippen molar-refractivity contribution in [3.8, 4) is 11.5 Å². The normalized spacial score (nSPS) is 14.9. The standard InChI is InChI=1S/C25H18BrClN2O5/c1-33-21-13-16(12-20(27)22(21)34-14-15-7-9-17(26)10-8-15)11-19-23(30)28-25(32)29(24(19)31)18-5-3-2-4-6-18/h2-13H,14H2,1H3,(H,28,30,32)/b19-11+. The zero-order chi connectivity index (χ0) is 24.2. The highest BCUT2D eigenvalue weighted by atomic mass is 79.9. The number of rotatable bonds is 6. The molecule has 1 N–H and O–H groups in total. The van der Waals surface area contributed by atoms with Crippen LogP contribution >= 0.6 is 27.5 Å². The van der Waals surface area contributed by atoms with Crippen molar-refractivity contribution in [3.05, 3.63) is 92.9 Å². The molecule has 4 amide bonds. The molecule has 1 aliphatic heterocycles. The Bertz CT molecular complexity index is 1290. The van der Waals surface area contributed by atoms with Gasteiger partial charge in [-0.1, -0.05) is 57.9 Å². The second-order valence-electron chi connectivity index (χ2n) is 7.24. The molecule has 0 saturated carbocycles. The minimum Gasteiger partial charge on any atom is -0.493 e. The van der Waals surface area contributed by atoms with Crippen LogP contribution in [0.1, 0.15) is 11.1 Å². The molecule has 34 heavy (non-hydrogen) atoms. The summed E-state index contributed by atoms with van der Waals surface area (Å²) in [6.45, 7) is 0.263. The number of hydrogen-bond donors (Lipinski definition) is 1. The van der Waals surface area contributed by atoms with Crippen LogP contribution in [0.25, 0.3) is 6.08 Å². The summed E-state index contributed by atoms with van der Waals surface area (Å²) in [4.78, 5) is 38.7. The number of barbiturate groups is 1. The summed E-state index contributed by atoms with van der Waals surface area (Å²) < 4.78 is 12.3. The van der Waals surface area contributed by atoms with Gasteiger partial charge in [0, 0.05) is 4.47 Å². The molecule has 0 atom stereocenters. The fourth-order valence-electron chi connectivity index (χ4n) is 3.34. The summed E-state index contributed by atoms with van der Waals surface area (Å²) >= 11 is 9.84. The molecule has 7 nitrogen and oxygen atoms in total. The highest BCUT2D eigenvalue weighted by Crippen LogP contribution is 2.38. The molecule has 1 aliphatic rings. The number of halogens is 2. The first-order valence-corrected chi connectivity index (χ1v) is 11.3. The van der Waals surface area contributed by atoms with Crippen molar-refractivity contribution < 1.29 is 23.9 Å². The second kappa shape index (κ2) is 10.1. The number of benzene rings is 3. The van der Waals surface area contributed by atoms with Gasteiger partial charge in [-0.3, -0.25) is 14.9 Å². The smallest absolute Gasteiger partial charge is 0.335 e. The number of para-hydroxylation sites is 1. The Morgan fingerprint density at radius 3 is 2.41 bits per heavy atom. The Balaban J connectivity index is 1.63. The number of hydrogen-bond acceptors (Lipinski definition) is 5. The third kappa shape index (κ3) is 4.98. The van der Waals surface area contributed by atoms with Gasteiger partial charge in [0.15, 0.2) is 11.5 Å². The Morgan fingerprint density at radius 1 is 1.03 bits per heavy atom. The van der Waals surface area contributed by atoms with Crippen LogP contribution in [0.2, 0.25) is 5.02 Å². The van der Waals surface area contributed by atoms with E-state index in [-0.39, 0.29) is 17.2 Å². The monoisotopic (exact) mass is 540 g/mol. The van der Waals surface area contributed by atoms with Crippen molar-refractivity contribution in [2.45, 2.75) is 6.61 Å². The molecule has 0 unspecified atom stereocenters. The average molecular weight is 542 g/mol. The fraction of sp³-hybridized carbons (Fsp3) is 0.0800. The molecule has 0 aromatic heterocycles. The molecular formula is C25H18BrClN2O5. The van der Waals surface area contributed by atoms with E-state index in [9.17, 15) is 14.4 Å². The van der Waals surface area contributed by atoms with Crippen molar-refractivity contribution >= 4 is 57.1 Å². The van der Waals surface area contributed by atoms with Crippen molar-refractivity contribution in [2.24, 2.45) is 0 Å². The van der Waals surface area contributed by atoms with E-state index >= 15 is 0 Å². The number of nitrogens with one attached hydrogen (secondary N) is 1. The first kappa shape index (κ1) is 23.5. The molecule has 3 aromatic carbocycles. The van der Waals surface area contributed by atoms with Crippen LogP contribution in [0, 0.1) is 0 Å². The van der Waals surface area contributed by atoms with E-state index in [0.29, 0.717) is 22.7 Å². The summed E-state index contributed by atoms with van der Waals surface area (Å²) in [5, 5.41) is 2.43. The molecule has 9 heteroatoms. The van der Waals surface area contributed by atoms with Crippen molar-refractivity contribution in [3.63, 3.8) is 0 Å². The number of nitrogens with zero attached hydrogens (tertiary/aromatic N) is 1. The van der Waals surface area contributed by atoms with Crippen LogP contribution in [-0.4, -0.2) is 25.0 Å². The Hall–Kier alpha value is -3.62. The average Bonchev–Trinajstić information content (AvgIpc) is 2.82. The molecule has 0 bridgehead atoms. The number of carbonyl (C=O) groups is 3. The minimum atomic E-state index is -0.814. The van der Waals surface area contributed by atoms with Gasteiger partial charge >= 0.3 is 6.03 Å². The van der Waals surface area contributed by atoms with Gasteiger partial charge < -0.3 is 9.47 Å². The second-order valence-corrected chi connectivity index (χ2v) is 8.57. The van der Waals surface area contributed by atoms with Gasteiger partial charge in [0.1, 0.15) is 12.2 Å². The van der Waals surface area contributed by atoms with Crippen molar-refractivity contribution in [1.29, 1.82) is 0 Å². The van der Waals surface area contributed by atoms with E-state index in [2.05, 4.69) is 21.2 Å².